The van der Waals surface area contributed by atoms with E-state index in [-0.39, 0.29) is 0 Å². The lowest BCUT2D eigenvalue weighted by Gasteiger charge is -2.38. The molecule has 0 aromatic carbocycles. The van der Waals surface area contributed by atoms with Gasteiger partial charge < -0.3 is 10.1 Å². The Morgan fingerprint density at radius 3 is 2.55 bits per heavy atom. The minimum atomic E-state index is 0.467. The van der Waals surface area contributed by atoms with Crippen LogP contribution in [0.3, 0.4) is 0 Å². The van der Waals surface area contributed by atoms with Crippen LogP contribution in [-0.4, -0.2) is 25.3 Å². The molecule has 0 aromatic heterocycles. The van der Waals surface area contributed by atoms with E-state index in [1.807, 2.05) is 0 Å². The Balaban J connectivity index is 1.61. The zero-order valence-corrected chi connectivity index (χ0v) is 14.1. The third-order valence-corrected chi connectivity index (χ3v) is 5.17. The number of rotatable bonds is 5. The third-order valence-electron chi connectivity index (χ3n) is 5.17. The highest BCUT2D eigenvalue weighted by atomic mass is 16.5. The monoisotopic (exact) mass is 281 g/mol. The summed E-state index contributed by atoms with van der Waals surface area (Å²) in [6.45, 7) is 11.5. The fraction of sp³-hybridized carbons (Fsp3) is 1.00. The van der Waals surface area contributed by atoms with Gasteiger partial charge in [-0.3, -0.25) is 0 Å². The molecule has 0 bridgehead atoms. The molecule has 4 atom stereocenters. The van der Waals surface area contributed by atoms with E-state index < -0.39 is 0 Å². The van der Waals surface area contributed by atoms with E-state index in [2.05, 4.69) is 33.0 Å². The summed E-state index contributed by atoms with van der Waals surface area (Å²) in [5.74, 6) is 1.72. The fourth-order valence-corrected chi connectivity index (χ4v) is 4.49. The molecular weight excluding hydrogens is 246 g/mol. The standard InChI is InChI=1S/C18H35NO/c1-14-6-5-7-16(10-14)19-8-9-20-17-11-15(2)12-18(3,4)13-17/h14-17,19H,5-13H2,1-4H3. The maximum absolute atomic E-state index is 6.14. The Morgan fingerprint density at radius 1 is 1.05 bits per heavy atom. The summed E-state index contributed by atoms with van der Waals surface area (Å²) in [4.78, 5) is 0. The van der Waals surface area contributed by atoms with Crippen molar-refractivity contribution in [3.63, 3.8) is 0 Å². The number of nitrogens with one attached hydrogen (secondary N) is 1. The second-order valence-electron chi connectivity index (χ2n) is 8.33. The maximum Gasteiger partial charge on any atom is 0.0594 e. The average molecular weight is 281 g/mol. The van der Waals surface area contributed by atoms with Crippen molar-refractivity contribution in [1.82, 2.24) is 5.32 Å². The zero-order chi connectivity index (χ0) is 14.6. The van der Waals surface area contributed by atoms with Crippen LogP contribution in [-0.2, 0) is 4.74 Å². The van der Waals surface area contributed by atoms with Crippen LogP contribution in [0.5, 0.6) is 0 Å². The number of hydrogen-bond donors (Lipinski definition) is 1. The van der Waals surface area contributed by atoms with Gasteiger partial charge in [0.15, 0.2) is 0 Å². The Kier molecular flexibility index (Phi) is 5.92. The first kappa shape index (κ1) is 16.3. The van der Waals surface area contributed by atoms with Crippen molar-refractivity contribution < 1.29 is 4.74 Å². The van der Waals surface area contributed by atoms with Gasteiger partial charge >= 0.3 is 0 Å². The van der Waals surface area contributed by atoms with Crippen LogP contribution >= 0.6 is 0 Å². The quantitative estimate of drug-likeness (QED) is 0.755. The molecule has 0 spiro atoms. The largest absolute Gasteiger partial charge is 0.377 e. The normalized spacial score (nSPS) is 37.8. The molecule has 0 heterocycles. The molecule has 2 aliphatic carbocycles. The highest BCUT2D eigenvalue weighted by molar-refractivity contribution is 4.83. The summed E-state index contributed by atoms with van der Waals surface area (Å²) in [6, 6.07) is 0.740. The Bertz CT molecular complexity index is 289. The van der Waals surface area contributed by atoms with Crippen molar-refractivity contribution in [1.29, 1.82) is 0 Å². The van der Waals surface area contributed by atoms with Crippen LogP contribution in [0.25, 0.3) is 0 Å². The van der Waals surface area contributed by atoms with Crippen molar-refractivity contribution in [2.75, 3.05) is 13.2 Å². The average Bonchev–Trinajstić information content (AvgIpc) is 2.32. The molecule has 2 heteroatoms. The van der Waals surface area contributed by atoms with Crippen molar-refractivity contribution in [2.24, 2.45) is 17.3 Å². The van der Waals surface area contributed by atoms with E-state index in [1.165, 1.54) is 44.9 Å². The molecule has 2 nitrogen and oxygen atoms in total. The summed E-state index contributed by atoms with van der Waals surface area (Å²) in [7, 11) is 0. The molecule has 0 aromatic rings. The predicted octanol–water partition coefficient (Wildman–Crippen LogP) is 4.39. The number of ether oxygens (including phenoxy) is 1. The van der Waals surface area contributed by atoms with Crippen LogP contribution in [0.1, 0.15) is 72.6 Å². The molecule has 118 valence electrons. The summed E-state index contributed by atoms with van der Waals surface area (Å²) in [5, 5.41) is 3.70. The SMILES string of the molecule is CC1CCCC(NCCOC2CC(C)CC(C)(C)C2)C1. The van der Waals surface area contributed by atoms with E-state index in [4.69, 9.17) is 4.74 Å². The Labute approximate surface area is 126 Å². The van der Waals surface area contributed by atoms with Crippen LogP contribution in [0, 0.1) is 17.3 Å². The van der Waals surface area contributed by atoms with Gasteiger partial charge in [-0.05, 0) is 49.4 Å². The molecule has 0 aliphatic heterocycles. The molecule has 2 fully saturated rings. The van der Waals surface area contributed by atoms with Crippen LogP contribution in [0.15, 0.2) is 0 Å². The van der Waals surface area contributed by atoms with Gasteiger partial charge in [0.25, 0.3) is 0 Å². The van der Waals surface area contributed by atoms with Crippen LogP contribution in [0.2, 0.25) is 0 Å². The fourth-order valence-electron chi connectivity index (χ4n) is 4.49. The van der Waals surface area contributed by atoms with Crippen molar-refractivity contribution in [2.45, 2.75) is 84.8 Å². The van der Waals surface area contributed by atoms with E-state index in [0.717, 1.165) is 31.0 Å². The van der Waals surface area contributed by atoms with Crippen molar-refractivity contribution >= 4 is 0 Å². The van der Waals surface area contributed by atoms with Gasteiger partial charge in [-0.15, -0.1) is 0 Å². The first-order valence-electron chi connectivity index (χ1n) is 8.79. The van der Waals surface area contributed by atoms with E-state index in [9.17, 15) is 0 Å². The predicted molar refractivity (Wildman–Crippen MR) is 86.0 cm³/mol. The summed E-state index contributed by atoms with van der Waals surface area (Å²) >= 11 is 0. The molecule has 2 saturated carbocycles. The smallest absolute Gasteiger partial charge is 0.0594 e. The first-order chi connectivity index (χ1) is 9.44. The van der Waals surface area contributed by atoms with Gasteiger partial charge in [0.1, 0.15) is 0 Å². The van der Waals surface area contributed by atoms with Gasteiger partial charge in [0.05, 0.1) is 12.7 Å². The number of hydrogen-bond acceptors (Lipinski definition) is 2. The molecule has 0 saturated heterocycles. The third kappa shape index (κ3) is 5.37. The van der Waals surface area contributed by atoms with Crippen LogP contribution in [0.4, 0.5) is 0 Å². The molecule has 1 N–H and O–H groups in total. The summed E-state index contributed by atoms with van der Waals surface area (Å²) in [5.41, 5.74) is 0.467. The maximum atomic E-state index is 6.14. The van der Waals surface area contributed by atoms with Crippen LogP contribution < -0.4 is 5.32 Å². The minimum absolute atomic E-state index is 0.467. The molecule has 0 amide bonds. The molecule has 2 aliphatic rings. The van der Waals surface area contributed by atoms with E-state index in [1.54, 1.807) is 0 Å². The molecule has 20 heavy (non-hydrogen) atoms. The lowest BCUT2D eigenvalue weighted by molar-refractivity contribution is -0.0221. The van der Waals surface area contributed by atoms with E-state index in [0.29, 0.717) is 11.5 Å². The Morgan fingerprint density at radius 2 is 1.85 bits per heavy atom. The summed E-state index contributed by atoms with van der Waals surface area (Å²) in [6.07, 6.45) is 9.86. The van der Waals surface area contributed by atoms with Gasteiger partial charge in [-0.2, -0.15) is 0 Å². The van der Waals surface area contributed by atoms with Gasteiger partial charge in [0.2, 0.25) is 0 Å². The van der Waals surface area contributed by atoms with Crippen molar-refractivity contribution in [3.05, 3.63) is 0 Å². The van der Waals surface area contributed by atoms with Gasteiger partial charge in [0, 0.05) is 12.6 Å². The lowest BCUT2D eigenvalue weighted by atomic mass is 9.71. The first-order valence-corrected chi connectivity index (χ1v) is 8.79. The zero-order valence-electron chi connectivity index (χ0n) is 14.1. The van der Waals surface area contributed by atoms with Crippen molar-refractivity contribution in [3.8, 4) is 0 Å². The second kappa shape index (κ2) is 7.26. The molecule has 0 radical (unpaired) electrons. The minimum Gasteiger partial charge on any atom is -0.377 e. The highest BCUT2D eigenvalue weighted by Gasteiger charge is 2.32. The second-order valence-corrected chi connectivity index (χ2v) is 8.33. The molecule has 2 rings (SSSR count). The highest BCUT2D eigenvalue weighted by Crippen LogP contribution is 2.39. The van der Waals surface area contributed by atoms with Gasteiger partial charge in [-0.1, -0.05) is 40.5 Å². The molecule has 4 unspecified atom stereocenters. The van der Waals surface area contributed by atoms with E-state index >= 15 is 0 Å². The molecular formula is C18H35NO. The Hall–Kier alpha value is -0.0800. The van der Waals surface area contributed by atoms with Gasteiger partial charge in [-0.25, -0.2) is 0 Å². The topological polar surface area (TPSA) is 21.3 Å². The summed E-state index contributed by atoms with van der Waals surface area (Å²) < 4.78 is 6.14. The lowest BCUT2D eigenvalue weighted by Crippen LogP contribution is -2.37.